The van der Waals surface area contributed by atoms with Gasteiger partial charge in [0.1, 0.15) is 0 Å². The first-order valence-corrected chi connectivity index (χ1v) is 9.86. The molecule has 0 aliphatic carbocycles. The summed E-state index contributed by atoms with van der Waals surface area (Å²) in [6.45, 7) is 7.64. The van der Waals surface area contributed by atoms with Crippen LogP contribution in [0.25, 0.3) is 22.2 Å². The molecule has 0 aliphatic rings. The fourth-order valence-corrected chi connectivity index (χ4v) is 3.43. The maximum Gasteiger partial charge on any atom is 0.419 e. The van der Waals surface area contributed by atoms with E-state index in [-0.39, 0.29) is 24.1 Å². The van der Waals surface area contributed by atoms with E-state index in [1.807, 2.05) is 50.2 Å². The summed E-state index contributed by atoms with van der Waals surface area (Å²) >= 11 is 0. The molecule has 30 heavy (non-hydrogen) atoms. The largest absolute Gasteiger partial charge is 0.419 e. The van der Waals surface area contributed by atoms with E-state index in [4.69, 9.17) is 10.2 Å². The fourth-order valence-electron chi connectivity index (χ4n) is 3.43. The Morgan fingerprint density at radius 3 is 2.53 bits per heavy atom. The van der Waals surface area contributed by atoms with Gasteiger partial charge in [-0.3, -0.25) is 14.4 Å². The van der Waals surface area contributed by atoms with E-state index in [1.54, 1.807) is 13.1 Å². The normalized spacial score (nSPS) is 12.7. The Morgan fingerprint density at radius 2 is 1.90 bits per heavy atom. The minimum atomic E-state index is -0.558. The maximum atomic E-state index is 12.2. The van der Waals surface area contributed by atoms with Gasteiger partial charge in [0.05, 0.1) is 18.1 Å². The summed E-state index contributed by atoms with van der Waals surface area (Å²) in [6, 6.07) is 13.6. The summed E-state index contributed by atoms with van der Waals surface area (Å²) in [5.41, 5.74) is 9.80. The van der Waals surface area contributed by atoms with E-state index in [1.165, 1.54) is 4.57 Å². The second-order valence-corrected chi connectivity index (χ2v) is 8.35. The molecule has 0 bridgehead atoms. The number of amides is 1. The molecule has 2 aromatic carbocycles. The molecule has 0 saturated carbocycles. The van der Waals surface area contributed by atoms with Gasteiger partial charge >= 0.3 is 5.76 Å². The van der Waals surface area contributed by atoms with Crippen LogP contribution >= 0.6 is 0 Å². The average Bonchev–Trinajstić information content (AvgIpc) is 2.94. The van der Waals surface area contributed by atoms with E-state index < -0.39 is 5.54 Å². The highest BCUT2D eigenvalue weighted by Crippen LogP contribution is 2.24. The van der Waals surface area contributed by atoms with Gasteiger partial charge in [0, 0.05) is 19.0 Å². The zero-order valence-corrected chi connectivity index (χ0v) is 17.6. The predicted molar refractivity (Wildman–Crippen MR) is 120 cm³/mol. The van der Waals surface area contributed by atoms with Crippen LogP contribution in [0.3, 0.4) is 0 Å². The highest BCUT2D eigenvalue weighted by Gasteiger charge is 2.19. The number of nitrogens with one attached hydrogen (secondary N) is 1. The number of oxazole rings is 1. The molecule has 158 valence electrons. The molecule has 0 radical (unpaired) electrons. The lowest BCUT2D eigenvalue weighted by atomic mass is 9.99. The number of aliphatic imine (C=N–C) groups is 1. The van der Waals surface area contributed by atoms with E-state index in [0.717, 1.165) is 22.2 Å². The second kappa shape index (κ2) is 8.67. The first kappa shape index (κ1) is 21.5. The lowest BCUT2D eigenvalue weighted by Gasteiger charge is -2.21. The molecule has 1 atom stereocenters. The third kappa shape index (κ3) is 5.24. The van der Waals surface area contributed by atoms with Crippen LogP contribution in [0.15, 0.2) is 56.7 Å². The van der Waals surface area contributed by atoms with Crippen LogP contribution in [-0.2, 0) is 18.3 Å². The van der Waals surface area contributed by atoms with Crippen molar-refractivity contribution in [1.29, 1.82) is 0 Å². The Hall–Kier alpha value is -3.19. The van der Waals surface area contributed by atoms with Crippen molar-refractivity contribution in [1.82, 2.24) is 9.88 Å². The van der Waals surface area contributed by atoms with Crippen molar-refractivity contribution in [3.63, 3.8) is 0 Å². The third-order valence-corrected chi connectivity index (χ3v) is 4.89. The number of nitrogens with zero attached hydrogens (tertiary/aromatic N) is 2. The van der Waals surface area contributed by atoms with E-state index in [9.17, 15) is 9.59 Å². The van der Waals surface area contributed by atoms with E-state index in [0.29, 0.717) is 18.5 Å². The van der Waals surface area contributed by atoms with Crippen LogP contribution in [0, 0.1) is 0 Å². The third-order valence-electron chi connectivity index (χ3n) is 4.89. The summed E-state index contributed by atoms with van der Waals surface area (Å²) in [5.74, 6) is -0.466. The number of rotatable bonds is 8. The maximum absolute atomic E-state index is 12.2. The van der Waals surface area contributed by atoms with Crippen molar-refractivity contribution in [2.75, 3.05) is 6.54 Å². The van der Waals surface area contributed by atoms with E-state index >= 15 is 0 Å². The van der Waals surface area contributed by atoms with Crippen molar-refractivity contribution >= 4 is 23.7 Å². The molecule has 1 aromatic heterocycles. The van der Waals surface area contributed by atoms with E-state index in [2.05, 4.69) is 17.0 Å². The van der Waals surface area contributed by atoms with Gasteiger partial charge in [0.25, 0.3) is 0 Å². The molecule has 0 saturated heterocycles. The van der Waals surface area contributed by atoms with Gasteiger partial charge in [-0.15, -0.1) is 0 Å². The van der Waals surface area contributed by atoms with Crippen molar-refractivity contribution < 1.29 is 9.21 Å². The number of carbonyl (C=O) groups excluding carboxylic acids is 1. The molecule has 7 heteroatoms. The smallest absolute Gasteiger partial charge is 0.408 e. The molecular weight excluding hydrogens is 380 g/mol. The highest BCUT2D eigenvalue weighted by molar-refractivity contribution is 5.80. The SMILES string of the molecule is C=NC[C@H](Cc1ccc(-c2ccc3oc(=O)n(C)c3c2)cc1)NC(=O)CC(C)(C)N. The number of nitrogens with two attached hydrogens (primary N) is 1. The molecule has 3 aromatic rings. The van der Waals surface area contributed by atoms with Gasteiger partial charge in [0.15, 0.2) is 5.58 Å². The van der Waals surface area contributed by atoms with Crippen molar-refractivity contribution in [3.8, 4) is 11.1 Å². The van der Waals surface area contributed by atoms with Crippen molar-refractivity contribution in [3.05, 3.63) is 58.6 Å². The standard InChI is InChI=1S/C23H28N4O3/c1-23(2,24)13-21(28)26-18(14-25-3)11-15-5-7-16(8-6-15)17-9-10-20-19(12-17)27(4)22(29)30-20/h5-10,12,18H,3,11,13-14,24H2,1-2,4H3,(H,26,28)/t18-/m0/s1. The number of carbonyl (C=O) groups is 1. The molecule has 1 heterocycles. The summed E-state index contributed by atoms with van der Waals surface area (Å²) < 4.78 is 6.68. The van der Waals surface area contributed by atoms with Crippen LogP contribution in [-0.4, -0.2) is 35.3 Å². The molecule has 0 aliphatic heterocycles. The van der Waals surface area contributed by atoms with Crippen molar-refractivity contribution in [2.45, 2.75) is 38.3 Å². The second-order valence-electron chi connectivity index (χ2n) is 8.35. The topological polar surface area (TPSA) is 103 Å². The first-order chi connectivity index (χ1) is 14.2. The Morgan fingerprint density at radius 1 is 1.23 bits per heavy atom. The molecular formula is C23H28N4O3. The number of fused-ring (bicyclic) bond motifs is 1. The number of hydrogen-bond acceptors (Lipinski definition) is 5. The van der Waals surface area contributed by atoms with Gasteiger partial charge in [0.2, 0.25) is 5.91 Å². The Balaban J connectivity index is 1.74. The van der Waals surface area contributed by atoms with Crippen LogP contribution in [0.1, 0.15) is 25.8 Å². The van der Waals surface area contributed by atoms with Crippen LogP contribution in [0.4, 0.5) is 0 Å². The van der Waals surface area contributed by atoms with Gasteiger partial charge in [-0.25, -0.2) is 4.79 Å². The van der Waals surface area contributed by atoms with Crippen LogP contribution < -0.4 is 16.8 Å². The molecule has 0 fully saturated rings. The zero-order valence-electron chi connectivity index (χ0n) is 17.6. The molecule has 0 unspecified atom stereocenters. The highest BCUT2D eigenvalue weighted by atomic mass is 16.4. The minimum absolute atomic E-state index is 0.0909. The molecule has 0 spiro atoms. The van der Waals surface area contributed by atoms with Crippen molar-refractivity contribution in [2.24, 2.45) is 17.8 Å². The zero-order chi connectivity index (χ0) is 21.9. The lowest BCUT2D eigenvalue weighted by Crippen LogP contribution is -2.44. The monoisotopic (exact) mass is 408 g/mol. The Kier molecular flexibility index (Phi) is 6.22. The summed E-state index contributed by atoms with van der Waals surface area (Å²) in [4.78, 5) is 27.9. The van der Waals surface area contributed by atoms with Gasteiger partial charge in [-0.1, -0.05) is 30.3 Å². The first-order valence-electron chi connectivity index (χ1n) is 9.86. The van der Waals surface area contributed by atoms with Crippen LogP contribution in [0.2, 0.25) is 0 Å². The molecule has 3 N–H and O–H groups in total. The number of benzene rings is 2. The average molecular weight is 409 g/mol. The number of aromatic nitrogens is 1. The van der Waals surface area contributed by atoms with Crippen LogP contribution in [0.5, 0.6) is 0 Å². The number of aryl methyl sites for hydroxylation is 1. The lowest BCUT2D eigenvalue weighted by molar-refractivity contribution is -0.122. The Bertz CT molecular complexity index is 1100. The Labute approximate surface area is 175 Å². The molecule has 3 rings (SSSR count). The minimum Gasteiger partial charge on any atom is -0.408 e. The summed E-state index contributed by atoms with van der Waals surface area (Å²) in [5, 5.41) is 3.00. The van der Waals surface area contributed by atoms with Gasteiger partial charge in [-0.05, 0) is 55.8 Å². The predicted octanol–water partition coefficient (Wildman–Crippen LogP) is 2.65. The summed E-state index contributed by atoms with van der Waals surface area (Å²) in [7, 11) is 1.69. The quantitative estimate of drug-likeness (QED) is 0.559. The van der Waals surface area contributed by atoms with Gasteiger partial charge in [-0.2, -0.15) is 0 Å². The fraction of sp³-hybridized carbons (Fsp3) is 0.348. The molecule has 1 amide bonds. The summed E-state index contributed by atoms with van der Waals surface area (Å²) in [6.07, 6.45) is 0.893. The number of hydrogen-bond donors (Lipinski definition) is 2. The van der Waals surface area contributed by atoms with Gasteiger partial charge < -0.3 is 15.5 Å². The molecule has 7 nitrogen and oxygen atoms in total.